The van der Waals surface area contributed by atoms with Gasteiger partial charge in [-0.15, -0.1) is 24.0 Å². The topological polar surface area (TPSA) is 63.5 Å². The third-order valence-corrected chi connectivity index (χ3v) is 4.26. The largest absolute Gasteiger partial charge is 0.494 e. The first-order chi connectivity index (χ1) is 12.5. The van der Waals surface area contributed by atoms with Crippen LogP contribution in [-0.4, -0.2) is 35.9 Å². The summed E-state index contributed by atoms with van der Waals surface area (Å²) in [5, 5.41) is 11.0. The van der Waals surface area contributed by atoms with Crippen LogP contribution in [0.2, 0.25) is 0 Å². The number of nitrogens with one attached hydrogen (secondary N) is 2. The van der Waals surface area contributed by atoms with Crippen molar-refractivity contribution in [2.75, 3.05) is 20.2 Å². The van der Waals surface area contributed by atoms with E-state index in [-0.39, 0.29) is 29.8 Å². The number of hydrogen-bond donors (Lipinski definition) is 2. The van der Waals surface area contributed by atoms with Gasteiger partial charge in [0, 0.05) is 38.4 Å². The Labute approximate surface area is 177 Å². The Kier molecular flexibility index (Phi) is 10.1. The molecule has 0 bridgehead atoms. The van der Waals surface area contributed by atoms with Crippen molar-refractivity contribution in [3.05, 3.63) is 47.0 Å². The van der Waals surface area contributed by atoms with Crippen molar-refractivity contribution >= 4 is 29.9 Å². The monoisotopic (exact) mass is 489 g/mol. The smallest absolute Gasteiger partial charge is 0.191 e. The molecule has 0 spiro atoms. The van der Waals surface area contributed by atoms with E-state index in [4.69, 9.17) is 4.74 Å². The molecule has 2 N–H and O–H groups in total. The molecule has 150 valence electrons. The molecule has 0 aliphatic heterocycles. The van der Waals surface area contributed by atoms with Crippen molar-refractivity contribution in [2.24, 2.45) is 12.0 Å². The number of aromatic nitrogens is 2. The van der Waals surface area contributed by atoms with Gasteiger partial charge in [-0.25, -0.2) is 4.39 Å². The maximum atomic E-state index is 12.8. The van der Waals surface area contributed by atoms with E-state index in [0.29, 0.717) is 18.9 Å². The molecular formula is C19H29FIN5O. The van der Waals surface area contributed by atoms with Crippen LogP contribution in [0.4, 0.5) is 4.39 Å². The highest BCUT2D eigenvalue weighted by Gasteiger charge is 2.09. The highest BCUT2D eigenvalue weighted by atomic mass is 127. The summed E-state index contributed by atoms with van der Waals surface area (Å²) in [6, 6.07) is 6.08. The summed E-state index contributed by atoms with van der Waals surface area (Å²) in [6.45, 7) is 6.18. The summed E-state index contributed by atoms with van der Waals surface area (Å²) in [7, 11) is 3.71. The van der Waals surface area contributed by atoms with Gasteiger partial charge in [-0.3, -0.25) is 9.67 Å². The number of nitrogens with zero attached hydrogens (tertiary/aromatic N) is 3. The van der Waals surface area contributed by atoms with Crippen LogP contribution in [0.5, 0.6) is 5.75 Å². The van der Waals surface area contributed by atoms with Gasteiger partial charge in [0.1, 0.15) is 11.6 Å². The molecule has 8 heteroatoms. The SMILES string of the molecule is CN=C(NCCCCOc1ccc(F)cc1)NCc1c(C)nn(C)c1C.I. The van der Waals surface area contributed by atoms with E-state index in [1.165, 1.54) is 17.7 Å². The number of aliphatic imine (C=N–C) groups is 1. The Morgan fingerprint density at radius 3 is 2.48 bits per heavy atom. The van der Waals surface area contributed by atoms with Crippen molar-refractivity contribution in [1.29, 1.82) is 0 Å². The number of rotatable bonds is 8. The number of aryl methyl sites for hydroxylation is 2. The second-order valence-corrected chi connectivity index (χ2v) is 6.14. The van der Waals surface area contributed by atoms with Gasteiger partial charge >= 0.3 is 0 Å². The molecule has 27 heavy (non-hydrogen) atoms. The Morgan fingerprint density at radius 1 is 1.19 bits per heavy atom. The number of hydrogen-bond acceptors (Lipinski definition) is 3. The lowest BCUT2D eigenvalue weighted by Crippen LogP contribution is -2.37. The van der Waals surface area contributed by atoms with Crippen LogP contribution in [0, 0.1) is 19.7 Å². The zero-order valence-electron chi connectivity index (χ0n) is 16.4. The van der Waals surface area contributed by atoms with E-state index in [0.717, 1.165) is 36.7 Å². The normalized spacial score (nSPS) is 11.1. The second kappa shape index (κ2) is 11.8. The molecule has 0 saturated heterocycles. The molecule has 1 aromatic heterocycles. The van der Waals surface area contributed by atoms with Crippen LogP contribution in [0.3, 0.4) is 0 Å². The minimum Gasteiger partial charge on any atom is -0.494 e. The van der Waals surface area contributed by atoms with E-state index < -0.39 is 0 Å². The van der Waals surface area contributed by atoms with Crippen LogP contribution >= 0.6 is 24.0 Å². The average molecular weight is 489 g/mol. The van der Waals surface area contributed by atoms with Crippen LogP contribution < -0.4 is 15.4 Å². The molecule has 2 rings (SSSR count). The summed E-state index contributed by atoms with van der Waals surface area (Å²) in [5.41, 5.74) is 3.39. The maximum absolute atomic E-state index is 12.8. The van der Waals surface area contributed by atoms with E-state index in [1.54, 1.807) is 19.2 Å². The summed E-state index contributed by atoms with van der Waals surface area (Å²) < 4.78 is 20.3. The summed E-state index contributed by atoms with van der Waals surface area (Å²) in [4.78, 5) is 4.24. The lowest BCUT2D eigenvalue weighted by atomic mass is 10.2. The summed E-state index contributed by atoms with van der Waals surface area (Å²) >= 11 is 0. The molecule has 0 aliphatic carbocycles. The molecule has 0 aliphatic rings. The number of benzene rings is 1. The van der Waals surface area contributed by atoms with Gasteiger partial charge in [-0.1, -0.05) is 0 Å². The first-order valence-electron chi connectivity index (χ1n) is 8.83. The number of guanidine groups is 1. The van der Waals surface area contributed by atoms with Crippen LogP contribution in [0.25, 0.3) is 0 Å². The summed E-state index contributed by atoms with van der Waals surface area (Å²) in [5.74, 6) is 1.21. The molecule has 0 radical (unpaired) electrons. The minimum absolute atomic E-state index is 0. The van der Waals surface area contributed by atoms with Crippen molar-refractivity contribution in [1.82, 2.24) is 20.4 Å². The lowest BCUT2D eigenvalue weighted by Gasteiger charge is -2.12. The molecule has 6 nitrogen and oxygen atoms in total. The lowest BCUT2D eigenvalue weighted by molar-refractivity contribution is 0.306. The molecule has 0 amide bonds. The van der Waals surface area contributed by atoms with E-state index in [9.17, 15) is 4.39 Å². The minimum atomic E-state index is -0.253. The molecule has 2 aromatic rings. The van der Waals surface area contributed by atoms with Crippen molar-refractivity contribution in [2.45, 2.75) is 33.2 Å². The predicted molar refractivity (Wildman–Crippen MR) is 117 cm³/mol. The third-order valence-electron chi connectivity index (χ3n) is 4.26. The fraction of sp³-hybridized carbons (Fsp3) is 0.474. The zero-order valence-corrected chi connectivity index (χ0v) is 18.7. The van der Waals surface area contributed by atoms with Crippen molar-refractivity contribution in [3.63, 3.8) is 0 Å². The molecule has 0 saturated carbocycles. The quantitative estimate of drug-likeness (QED) is 0.259. The third kappa shape index (κ3) is 7.36. The molecule has 0 unspecified atom stereocenters. The van der Waals surface area contributed by atoms with Gasteiger partial charge in [-0.05, 0) is 51.0 Å². The highest BCUT2D eigenvalue weighted by molar-refractivity contribution is 14.0. The fourth-order valence-corrected chi connectivity index (χ4v) is 2.62. The van der Waals surface area contributed by atoms with Crippen molar-refractivity contribution in [3.8, 4) is 5.75 Å². The van der Waals surface area contributed by atoms with E-state index in [1.807, 2.05) is 18.7 Å². The molecule has 1 heterocycles. The number of ether oxygens (including phenoxy) is 1. The maximum Gasteiger partial charge on any atom is 0.191 e. The Hall–Kier alpha value is -1.84. The molecule has 0 atom stereocenters. The van der Waals surface area contributed by atoms with Gasteiger partial charge in [0.2, 0.25) is 0 Å². The van der Waals surface area contributed by atoms with E-state index in [2.05, 4.69) is 27.6 Å². The molecule has 0 fully saturated rings. The zero-order chi connectivity index (χ0) is 18.9. The molecule has 1 aromatic carbocycles. The van der Waals surface area contributed by atoms with Gasteiger partial charge in [0.05, 0.1) is 12.3 Å². The van der Waals surface area contributed by atoms with Crippen molar-refractivity contribution < 1.29 is 9.13 Å². The van der Waals surface area contributed by atoms with Gasteiger partial charge < -0.3 is 15.4 Å². The standard InChI is InChI=1S/C19H28FN5O.HI/c1-14-18(15(2)25(4)24-14)13-23-19(21-3)22-11-5-6-12-26-17-9-7-16(20)8-10-17;/h7-10H,5-6,11-13H2,1-4H3,(H2,21,22,23);1H. The predicted octanol–water partition coefficient (Wildman–Crippen LogP) is 3.32. The Bertz CT molecular complexity index is 730. The Balaban J connectivity index is 0.00000364. The van der Waals surface area contributed by atoms with Crippen LogP contribution in [0.1, 0.15) is 29.8 Å². The average Bonchev–Trinajstić information content (AvgIpc) is 2.87. The van der Waals surface area contributed by atoms with Gasteiger partial charge in [0.15, 0.2) is 5.96 Å². The van der Waals surface area contributed by atoms with Crippen LogP contribution in [0.15, 0.2) is 29.3 Å². The van der Waals surface area contributed by atoms with E-state index >= 15 is 0 Å². The highest BCUT2D eigenvalue weighted by Crippen LogP contribution is 2.12. The summed E-state index contributed by atoms with van der Waals surface area (Å²) in [6.07, 6.45) is 1.86. The fourth-order valence-electron chi connectivity index (χ4n) is 2.62. The second-order valence-electron chi connectivity index (χ2n) is 6.14. The van der Waals surface area contributed by atoms with Gasteiger partial charge in [0.25, 0.3) is 0 Å². The molecular weight excluding hydrogens is 460 g/mol. The van der Waals surface area contributed by atoms with Gasteiger partial charge in [-0.2, -0.15) is 5.10 Å². The Morgan fingerprint density at radius 2 is 1.89 bits per heavy atom. The number of unbranched alkanes of at least 4 members (excludes halogenated alkanes) is 1. The van der Waals surface area contributed by atoms with Crippen LogP contribution in [-0.2, 0) is 13.6 Å². The first-order valence-corrected chi connectivity index (χ1v) is 8.83. The first kappa shape index (κ1) is 23.2. The number of halogens is 2.